The molecule has 2 aromatic rings. The number of anilines is 1. The number of carbonyl (C=O) groups excluding carboxylic acids is 1. The fraction of sp³-hybridized carbons (Fsp3) is 0.0714. The number of carbonyl (C=O) groups is 1. The second-order valence-corrected chi connectivity index (χ2v) is 5.07. The molecule has 2 aromatic carbocycles. The maximum absolute atomic E-state index is 12.3. The van der Waals surface area contributed by atoms with Gasteiger partial charge in [-0.1, -0.05) is 17.7 Å². The van der Waals surface area contributed by atoms with Crippen molar-refractivity contribution in [2.75, 3.05) is 5.32 Å². The van der Waals surface area contributed by atoms with Gasteiger partial charge in [0.25, 0.3) is 17.3 Å². The molecule has 0 unspecified atom stereocenters. The average Bonchev–Trinajstić information content (AvgIpc) is 2.48. The van der Waals surface area contributed by atoms with Crippen LogP contribution in [0.15, 0.2) is 36.4 Å². The first kappa shape index (κ1) is 16.4. The van der Waals surface area contributed by atoms with Gasteiger partial charge < -0.3 is 5.32 Å². The third-order valence-electron chi connectivity index (χ3n) is 3.08. The van der Waals surface area contributed by atoms with E-state index in [-0.39, 0.29) is 22.0 Å². The summed E-state index contributed by atoms with van der Waals surface area (Å²) in [6.07, 6.45) is 0. The van der Waals surface area contributed by atoms with Gasteiger partial charge in [-0.2, -0.15) is 0 Å². The third-order valence-corrected chi connectivity index (χ3v) is 3.32. The van der Waals surface area contributed by atoms with Gasteiger partial charge in [-0.15, -0.1) is 0 Å². The van der Waals surface area contributed by atoms with Crippen LogP contribution in [0.25, 0.3) is 0 Å². The van der Waals surface area contributed by atoms with Gasteiger partial charge in [0.2, 0.25) is 0 Å². The molecule has 118 valence electrons. The smallest absolute Gasteiger partial charge is 0.283 e. The van der Waals surface area contributed by atoms with Crippen molar-refractivity contribution in [1.82, 2.24) is 0 Å². The summed E-state index contributed by atoms with van der Waals surface area (Å²) >= 11 is 5.70. The molecule has 0 saturated heterocycles. The van der Waals surface area contributed by atoms with E-state index in [1.807, 2.05) is 0 Å². The van der Waals surface area contributed by atoms with Gasteiger partial charge in [-0.05, 0) is 24.6 Å². The molecule has 1 amide bonds. The number of nitro benzene ring substituents is 2. The summed E-state index contributed by atoms with van der Waals surface area (Å²) in [6.45, 7) is 1.65. The predicted molar refractivity (Wildman–Crippen MR) is 83.9 cm³/mol. The van der Waals surface area contributed by atoms with E-state index in [9.17, 15) is 25.0 Å². The van der Waals surface area contributed by atoms with Crippen molar-refractivity contribution in [3.8, 4) is 0 Å². The molecular formula is C14H10ClN3O5. The van der Waals surface area contributed by atoms with Gasteiger partial charge in [0.1, 0.15) is 5.56 Å². The number of nitrogens with one attached hydrogen (secondary N) is 1. The molecule has 0 radical (unpaired) electrons. The molecule has 0 saturated carbocycles. The monoisotopic (exact) mass is 335 g/mol. The Morgan fingerprint density at radius 1 is 1.09 bits per heavy atom. The van der Waals surface area contributed by atoms with Gasteiger partial charge in [-0.3, -0.25) is 25.0 Å². The lowest BCUT2D eigenvalue weighted by Gasteiger charge is -2.08. The second kappa shape index (κ2) is 6.41. The van der Waals surface area contributed by atoms with Gasteiger partial charge in [0.15, 0.2) is 0 Å². The van der Waals surface area contributed by atoms with Crippen molar-refractivity contribution in [2.45, 2.75) is 6.92 Å². The molecule has 0 heterocycles. The first-order valence-corrected chi connectivity index (χ1v) is 6.67. The zero-order valence-corrected chi connectivity index (χ0v) is 12.5. The van der Waals surface area contributed by atoms with Crippen LogP contribution in [0.3, 0.4) is 0 Å². The van der Waals surface area contributed by atoms with Crippen LogP contribution in [0.4, 0.5) is 17.1 Å². The van der Waals surface area contributed by atoms with Crippen LogP contribution in [0.1, 0.15) is 15.9 Å². The highest BCUT2D eigenvalue weighted by Crippen LogP contribution is 2.26. The number of hydrogen-bond donors (Lipinski definition) is 1. The van der Waals surface area contributed by atoms with Gasteiger partial charge in [0.05, 0.1) is 15.5 Å². The van der Waals surface area contributed by atoms with E-state index in [0.717, 1.165) is 6.07 Å². The molecule has 0 aliphatic rings. The van der Waals surface area contributed by atoms with Crippen LogP contribution in [0.2, 0.25) is 5.02 Å². The molecule has 1 N–H and O–H groups in total. The van der Waals surface area contributed by atoms with Crippen LogP contribution in [-0.2, 0) is 0 Å². The number of non-ortho nitro benzene ring substituents is 1. The molecule has 0 bridgehead atoms. The number of halogens is 1. The SMILES string of the molecule is Cc1ccc([N+](=O)[O-])cc1NC(=O)c1ccc(Cl)cc1[N+](=O)[O-]. The number of rotatable bonds is 4. The molecular weight excluding hydrogens is 326 g/mol. The van der Waals surface area contributed by atoms with Crippen molar-refractivity contribution >= 4 is 34.6 Å². The Bertz CT molecular complexity index is 822. The van der Waals surface area contributed by atoms with E-state index < -0.39 is 21.4 Å². The molecule has 23 heavy (non-hydrogen) atoms. The third kappa shape index (κ3) is 3.61. The highest BCUT2D eigenvalue weighted by molar-refractivity contribution is 6.31. The van der Waals surface area contributed by atoms with Gasteiger partial charge >= 0.3 is 0 Å². The number of nitrogens with zero attached hydrogens (tertiary/aromatic N) is 2. The molecule has 0 spiro atoms. The number of amides is 1. The van der Waals surface area contributed by atoms with Crippen molar-refractivity contribution in [3.05, 3.63) is 72.8 Å². The number of aryl methyl sites for hydroxylation is 1. The summed E-state index contributed by atoms with van der Waals surface area (Å²) in [4.78, 5) is 32.7. The molecule has 0 atom stereocenters. The van der Waals surface area contributed by atoms with Crippen LogP contribution in [0.5, 0.6) is 0 Å². The Balaban J connectivity index is 2.39. The second-order valence-electron chi connectivity index (χ2n) is 4.63. The van der Waals surface area contributed by atoms with Crippen molar-refractivity contribution in [3.63, 3.8) is 0 Å². The van der Waals surface area contributed by atoms with E-state index in [2.05, 4.69) is 5.32 Å². The largest absolute Gasteiger partial charge is 0.321 e. The number of benzene rings is 2. The Hall–Kier alpha value is -3.00. The first-order chi connectivity index (χ1) is 10.8. The lowest BCUT2D eigenvalue weighted by atomic mass is 10.1. The highest BCUT2D eigenvalue weighted by atomic mass is 35.5. The van der Waals surface area contributed by atoms with E-state index >= 15 is 0 Å². The Morgan fingerprint density at radius 2 is 1.78 bits per heavy atom. The van der Waals surface area contributed by atoms with Crippen molar-refractivity contribution < 1.29 is 14.6 Å². The molecule has 0 aliphatic carbocycles. The summed E-state index contributed by atoms with van der Waals surface area (Å²) < 4.78 is 0. The summed E-state index contributed by atoms with van der Waals surface area (Å²) in [5.41, 5.74) is -0.0473. The normalized spacial score (nSPS) is 10.2. The van der Waals surface area contributed by atoms with Crippen LogP contribution < -0.4 is 5.32 Å². The molecule has 0 aromatic heterocycles. The standard InChI is InChI=1S/C14H10ClN3O5/c1-8-2-4-10(17(20)21)7-12(8)16-14(19)11-5-3-9(15)6-13(11)18(22)23/h2-7H,1H3,(H,16,19). The Kier molecular flexibility index (Phi) is 4.56. The van der Waals surface area contributed by atoms with E-state index in [1.165, 1.54) is 30.3 Å². The molecule has 9 heteroatoms. The van der Waals surface area contributed by atoms with Crippen molar-refractivity contribution in [1.29, 1.82) is 0 Å². The summed E-state index contributed by atoms with van der Waals surface area (Å²) in [6, 6.07) is 7.61. The maximum atomic E-state index is 12.3. The Morgan fingerprint density at radius 3 is 2.39 bits per heavy atom. The van der Waals surface area contributed by atoms with Crippen LogP contribution in [0, 0.1) is 27.2 Å². The zero-order chi connectivity index (χ0) is 17.1. The first-order valence-electron chi connectivity index (χ1n) is 6.30. The quantitative estimate of drug-likeness (QED) is 0.675. The van der Waals surface area contributed by atoms with Gasteiger partial charge in [0, 0.05) is 23.2 Å². The van der Waals surface area contributed by atoms with Crippen LogP contribution >= 0.6 is 11.6 Å². The average molecular weight is 336 g/mol. The van der Waals surface area contributed by atoms with Crippen molar-refractivity contribution in [2.24, 2.45) is 0 Å². The minimum Gasteiger partial charge on any atom is -0.321 e. The fourth-order valence-corrected chi connectivity index (χ4v) is 2.06. The van der Waals surface area contributed by atoms with E-state index in [0.29, 0.717) is 5.56 Å². The number of hydrogen-bond acceptors (Lipinski definition) is 5. The summed E-state index contributed by atoms with van der Waals surface area (Å²) in [7, 11) is 0. The van der Waals surface area contributed by atoms with Gasteiger partial charge in [-0.25, -0.2) is 0 Å². The highest BCUT2D eigenvalue weighted by Gasteiger charge is 2.21. The fourth-order valence-electron chi connectivity index (χ4n) is 1.90. The maximum Gasteiger partial charge on any atom is 0.283 e. The number of nitro groups is 2. The molecule has 0 fully saturated rings. The lowest BCUT2D eigenvalue weighted by molar-refractivity contribution is -0.385. The zero-order valence-electron chi connectivity index (χ0n) is 11.8. The van der Waals surface area contributed by atoms with Crippen LogP contribution in [-0.4, -0.2) is 15.8 Å². The molecule has 0 aliphatic heterocycles. The van der Waals surface area contributed by atoms with E-state index in [4.69, 9.17) is 11.6 Å². The Labute approximate surface area is 135 Å². The predicted octanol–water partition coefficient (Wildman–Crippen LogP) is 3.72. The molecule has 8 nitrogen and oxygen atoms in total. The minimum atomic E-state index is -0.753. The summed E-state index contributed by atoms with van der Waals surface area (Å²) in [5, 5.41) is 24.4. The lowest BCUT2D eigenvalue weighted by Crippen LogP contribution is -2.14. The molecule has 2 rings (SSSR count). The topological polar surface area (TPSA) is 115 Å². The minimum absolute atomic E-state index is 0.125. The van der Waals surface area contributed by atoms with E-state index in [1.54, 1.807) is 6.92 Å². The summed E-state index contributed by atoms with van der Waals surface area (Å²) in [5.74, 6) is -0.753.